The van der Waals surface area contributed by atoms with Gasteiger partial charge in [0, 0.05) is 43.6 Å². The van der Waals surface area contributed by atoms with E-state index in [0.717, 1.165) is 37.6 Å². The van der Waals surface area contributed by atoms with Crippen LogP contribution in [-0.2, 0) is 0 Å². The fourth-order valence-corrected chi connectivity index (χ4v) is 2.25. The molecule has 20 heavy (non-hydrogen) atoms. The van der Waals surface area contributed by atoms with E-state index in [1.54, 1.807) is 0 Å². The van der Waals surface area contributed by atoms with E-state index in [4.69, 9.17) is 4.74 Å². The molecule has 1 saturated heterocycles. The smallest absolute Gasteiger partial charge is 0.222 e. The van der Waals surface area contributed by atoms with Gasteiger partial charge in [0.15, 0.2) is 0 Å². The first-order chi connectivity index (χ1) is 9.81. The first kappa shape index (κ1) is 12.9. The molecule has 0 unspecified atom stereocenters. The van der Waals surface area contributed by atoms with Gasteiger partial charge in [-0.05, 0) is 31.2 Å². The molecule has 5 heteroatoms. The Labute approximate surface area is 118 Å². The minimum atomic E-state index is 0.576. The maximum atomic E-state index is 5.72. The van der Waals surface area contributed by atoms with Crippen molar-refractivity contribution < 1.29 is 4.74 Å². The number of ether oxygens (including phenoxy) is 1. The maximum absolute atomic E-state index is 5.72. The van der Waals surface area contributed by atoms with Gasteiger partial charge < -0.3 is 15.0 Å². The number of hydrogen-bond donors (Lipinski definition) is 1. The highest BCUT2D eigenvalue weighted by Crippen LogP contribution is 2.23. The minimum absolute atomic E-state index is 0.576. The normalized spacial score (nSPS) is 15.2. The molecule has 2 heterocycles. The summed E-state index contributed by atoms with van der Waals surface area (Å²) in [5, 5.41) is 3.35. The summed E-state index contributed by atoms with van der Waals surface area (Å²) in [5.41, 5.74) is 2.13. The van der Waals surface area contributed by atoms with Crippen LogP contribution in [-0.4, -0.2) is 36.1 Å². The number of nitrogens with one attached hydrogen (secondary N) is 1. The average molecular weight is 270 g/mol. The SMILES string of the molecule is Cc1cc(Oc2ccc(N3CCNCC3)cc2)ncn1. The quantitative estimate of drug-likeness (QED) is 0.924. The Morgan fingerprint density at radius 2 is 1.85 bits per heavy atom. The molecule has 0 bridgehead atoms. The zero-order chi connectivity index (χ0) is 13.8. The number of hydrogen-bond acceptors (Lipinski definition) is 5. The molecule has 0 spiro atoms. The number of anilines is 1. The van der Waals surface area contributed by atoms with E-state index < -0.39 is 0 Å². The van der Waals surface area contributed by atoms with Gasteiger partial charge in [-0.1, -0.05) is 0 Å². The summed E-state index contributed by atoms with van der Waals surface area (Å²) in [4.78, 5) is 10.5. The van der Waals surface area contributed by atoms with Crippen molar-refractivity contribution in [3.63, 3.8) is 0 Å². The van der Waals surface area contributed by atoms with Gasteiger partial charge in [-0.15, -0.1) is 0 Å². The summed E-state index contributed by atoms with van der Waals surface area (Å²) in [6, 6.07) is 9.97. The van der Waals surface area contributed by atoms with Crippen LogP contribution in [0.5, 0.6) is 11.6 Å². The number of piperazine rings is 1. The monoisotopic (exact) mass is 270 g/mol. The van der Waals surface area contributed by atoms with Gasteiger partial charge in [-0.3, -0.25) is 0 Å². The number of rotatable bonds is 3. The molecule has 104 valence electrons. The van der Waals surface area contributed by atoms with Crippen LogP contribution < -0.4 is 15.0 Å². The highest BCUT2D eigenvalue weighted by Gasteiger charge is 2.10. The lowest BCUT2D eigenvalue weighted by atomic mass is 10.2. The largest absolute Gasteiger partial charge is 0.439 e. The van der Waals surface area contributed by atoms with Crippen LogP contribution in [0.3, 0.4) is 0 Å². The van der Waals surface area contributed by atoms with Gasteiger partial charge in [0.2, 0.25) is 5.88 Å². The van der Waals surface area contributed by atoms with Crippen molar-refractivity contribution >= 4 is 5.69 Å². The molecule has 0 atom stereocenters. The van der Waals surface area contributed by atoms with E-state index in [-0.39, 0.29) is 0 Å². The summed E-state index contributed by atoms with van der Waals surface area (Å²) in [5.74, 6) is 1.37. The molecular formula is C15H18N4O. The van der Waals surface area contributed by atoms with E-state index in [1.807, 2.05) is 25.1 Å². The molecule has 0 saturated carbocycles. The summed E-state index contributed by atoms with van der Waals surface area (Å²) >= 11 is 0. The van der Waals surface area contributed by atoms with Crippen LogP contribution in [0.4, 0.5) is 5.69 Å². The van der Waals surface area contributed by atoms with Crippen molar-refractivity contribution in [3.8, 4) is 11.6 Å². The third kappa shape index (κ3) is 3.05. The maximum Gasteiger partial charge on any atom is 0.222 e. The van der Waals surface area contributed by atoms with Crippen molar-refractivity contribution in [1.82, 2.24) is 15.3 Å². The molecule has 1 aliphatic rings. The van der Waals surface area contributed by atoms with E-state index >= 15 is 0 Å². The lowest BCUT2D eigenvalue weighted by Crippen LogP contribution is -2.43. The second-order valence-electron chi connectivity index (χ2n) is 4.83. The number of aryl methyl sites for hydroxylation is 1. The van der Waals surface area contributed by atoms with Crippen LogP contribution in [0.25, 0.3) is 0 Å². The minimum Gasteiger partial charge on any atom is -0.439 e. The van der Waals surface area contributed by atoms with Gasteiger partial charge in [-0.2, -0.15) is 0 Å². The third-order valence-corrected chi connectivity index (χ3v) is 3.32. The molecule has 0 amide bonds. The third-order valence-electron chi connectivity index (χ3n) is 3.32. The second-order valence-corrected chi connectivity index (χ2v) is 4.83. The van der Waals surface area contributed by atoms with Gasteiger partial charge >= 0.3 is 0 Å². The standard InChI is InChI=1S/C15H18N4O/c1-12-10-15(18-11-17-12)20-14-4-2-13(3-5-14)19-8-6-16-7-9-19/h2-5,10-11,16H,6-9H2,1H3. The molecule has 1 aromatic carbocycles. The lowest BCUT2D eigenvalue weighted by Gasteiger charge is -2.29. The Balaban J connectivity index is 1.69. The highest BCUT2D eigenvalue weighted by molar-refractivity contribution is 5.49. The van der Waals surface area contributed by atoms with Crippen molar-refractivity contribution in [1.29, 1.82) is 0 Å². The molecule has 5 nitrogen and oxygen atoms in total. The van der Waals surface area contributed by atoms with Crippen LogP contribution >= 0.6 is 0 Å². The molecule has 1 aromatic heterocycles. The van der Waals surface area contributed by atoms with Crippen molar-refractivity contribution in [2.45, 2.75) is 6.92 Å². The van der Waals surface area contributed by atoms with Crippen molar-refractivity contribution in [2.24, 2.45) is 0 Å². The average Bonchev–Trinajstić information content (AvgIpc) is 2.49. The summed E-state index contributed by atoms with van der Waals surface area (Å²) in [6.45, 7) is 6.09. The topological polar surface area (TPSA) is 50.3 Å². The van der Waals surface area contributed by atoms with Crippen molar-refractivity contribution in [3.05, 3.63) is 42.4 Å². The van der Waals surface area contributed by atoms with Crippen molar-refractivity contribution in [2.75, 3.05) is 31.1 Å². The van der Waals surface area contributed by atoms with Gasteiger partial charge in [0.1, 0.15) is 12.1 Å². The predicted molar refractivity (Wildman–Crippen MR) is 78.4 cm³/mol. The van der Waals surface area contributed by atoms with Crippen LogP contribution in [0, 0.1) is 6.92 Å². The van der Waals surface area contributed by atoms with Gasteiger partial charge in [0.05, 0.1) is 0 Å². The Morgan fingerprint density at radius 1 is 1.10 bits per heavy atom. The number of nitrogens with zero attached hydrogens (tertiary/aromatic N) is 3. The first-order valence-electron chi connectivity index (χ1n) is 6.83. The summed E-state index contributed by atoms with van der Waals surface area (Å²) in [7, 11) is 0. The van der Waals surface area contributed by atoms with E-state index in [1.165, 1.54) is 12.0 Å². The molecule has 1 aliphatic heterocycles. The van der Waals surface area contributed by atoms with Crippen LogP contribution in [0.2, 0.25) is 0 Å². The Kier molecular flexibility index (Phi) is 3.78. The number of benzene rings is 1. The molecule has 1 fully saturated rings. The Morgan fingerprint density at radius 3 is 2.55 bits per heavy atom. The molecule has 3 rings (SSSR count). The van der Waals surface area contributed by atoms with Crippen LogP contribution in [0.15, 0.2) is 36.7 Å². The van der Waals surface area contributed by atoms with Gasteiger partial charge in [0.25, 0.3) is 0 Å². The predicted octanol–water partition coefficient (Wildman–Crippen LogP) is 1.99. The van der Waals surface area contributed by atoms with Crippen LogP contribution in [0.1, 0.15) is 5.69 Å². The number of aromatic nitrogens is 2. The summed E-state index contributed by atoms with van der Waals surface area (Å²) < 4.78 is 5.72. The van der Waals surface area contributed by atoms with E-state index in [0.29, 0.717) is 5.88 Å². The Hall–Kier alpha value is -2.14. The van der Waals surface area contributed by atoms with E-state index in [9.17, 15) is 0 Å². The molecule has 2 aromatic rings. The summed E-state index contributed by atoms with van der Waals surface area (Å²) in [6.07, 6.45) is 1.51. The zero-order valence-corrected chi connectivity index (χ0v) is 11.5. The Bertz CT molecular complexity index is 564. The second kappa shape index (κ2) is 5.88. The zero-order valence-electron chi connectivity index (χ0n) is 11.5. The lowest BCUT2D eigenvalue weighted by molar-refractivity contribution is 0.460. The van der Waals surface area contributed by atoms with Gasteiger partial charge in [-0.25, -0.2) is 9.97 Å². The first-order valence-corrected chi connectivity index (χ1v) is 6.83. The molecular weight excluding hydrogens is 252 g/mol. The fourth-order valence-electron chi connectivity index (χ4n) is 2.25. The molecule has 0 radical (unpaired) electrons. The molecule has 0 aliphatic carbocycles. The fraction of sp³-hybridized carbons (Fsp3) is 0.333. The van der Waals surface area contributed by atoms with E-state index in [2.05, 4.69) is 32.3 Å². The highest BCUT2D eigenvalue weighted by atomic mass is 16.5. The molecule has 1 N–H and O–H groups in total.